The Morgan fingerprint density at radius 2 is 2.00 bits per heavy atom. The topological polar surface area (TPSA) is 24.1 Å². The van der Waals surface area contributed by atoms with E-state index >= 15 is 0 Å². The molecule has 1 aliphatic heterocycles. The molecule has 1 saturated carbocycles. The van der Waals surface area contributed by atoms with Crippen molar-refractivity contribution >= 4 is 17.6 Å². The quantitative estimate of drug-likeness (QED) is 0.806. The molecule has 1 aromatic carbocycles. The van der Waals surface area contributed by atoms with Crippen molar-refractivity contribution in [1.82, 2.24) is 4.72 Å². The molecule has 2 aliphatic rings. The van der Waals surface area contributed by atoms with Gasteiger partial charge in [0.05, 0.1) is 0 Å². The first-order valence-electron chi connectivity index (χ1n) is 7.21. The monoisotopic (exact) mass is 262 g/mol. The lowest BCUT2D eigenvalue weighted by atomic mass is 9.96. The van der Waals surface area contributed by atoms with E-state index in [4.69, 9.17) is 0 Å². The van der Waals surface area contributed by atoms with Crippen LogP contribution in [0.1, 0.15) is 44.1 Å². The Balaban J connectivity index is 1.58. The number of fused-ring (bicyclic) bond motifs is 1. The second-order valence-corrected chi connectivity index (χ2v) is 6.32. The Morgan fingerprint density at radius 3 is 2.89 bits per heavy atom. The first-order chi connectivity index (χ1) is 8.92. The molecule has 2 N–H and O–H groups in total. The average Bonchev–Trinajstić information content (AvgIpc) is 2.46. The molecule has 0 unspecified atom stereocenters. The number of hydrogen-bond donors (Lipinski definition) is 2. The highest BCUT2D eigenvalue weighted by atomic mass is 32.2. The molecule has 0 amide bonds. The van der Waals surface area contributed by atoms with Gasteiger partial charge in [0.15, 0.2) is 0 Å². The summed E-state index contributed by atoms with van der Waals surface area (Å²) in [7, 11) is 0. The Bertz CT molecular complexity index is 399. The van der Waals surface area contributed by atoms with Gasteiger partial charge in [-0.05, 0) is 55.3 Å². The normalized spacial score (nSPS) is 20.2. The van der Waals surface area contributed by atoms with E-state index in [9.17, 15) is 0 Å². The van der Waals surface area contributed by atoms with Crippen molar-refractivity contribution in [1.29, 1.82) is 0 Å². The van der Waals surface area contributed by atoms with Gasteiger partial charge in [-0.25, -0.2) is 0 Å². The van der Waals surface area contributed by atoms with Crippen LogP contribution in [0.5, 0.6) is 0 Å². The molecule has 1 heterocycles. The van der Waals surface area contributed by atoms with Gasteiger partial charge >= 0.3 is 0 Å². The lowest BCUT2D eigenvalue weighted by Gasteiger charge is -2.23. The predicted molar refractivity (Wildman–Crippen MR) is 79.1 cm³/mol. The zero-order chi connectivity index (χ0) is 12.2. The lowest BCUT2D eigenvalue weighted by Crippen LogP contribution is -2.25. The van der Waals surface area contributed by atoms with Crippen LogP contribution in [-0.2, 0) is 6.42 Å². The van der Waals surface area contributed by atoms with Gasteiger partial charge < -0.3 is 5.32 Å². The lowest BCUT2D eigenvalue weighted by molar-refractivity contribution is 0.423. The summed E-state index contributed by atoms with van der Waals surface area (Å²) in [5.41, 5.74) is 2.82. The van der Waals surface area contributed by atoms with E-state index in [2.05, 4.69) is 28.2 Å². The summed E-state index contributed by atoms with van der Waals surface area (Å²) in [5, 5.41) is 3.50. The smallest absolute Gasteiger partial charge is 0.0384 e. The van der Waals surface area contributed by atoms with Gasteiger partial charge in [-0.1, -0.05) is 25.3 Å². The SMILES string of the molecule is c1cc2c(cc1SNC1CCCCC1)NCCC2. The number of benzene rings is 1. The van der Waals surface area contributed by atoms with E-state index in [-0.39, 0.29) is 0 Å². The highest BCUT2D eigenvalue weighted by Gasteiger charge is 2.14. The molecule has 1 aliphatic carbocycles. The van der Waals surface area contributed by atoms with Gasteiger partial charge in [-0.3, -0.25) is 4.72 Å². The summed E-state index contributed by atoms with van der Waals surface area (Å²) in [4.78, 5) is 1.34. The van der Waals surface area contributed by atoms with E-state index in [1.807, 2.05) is 11.9 Å². The van der Waals surface area contributed by atoms with Crippen LogP contribution in [0.15, 0.2) is 23.1 Å². The Labute approximate surface area is 114 Å². The summed E-state index contributed by atoms with van der Waals surface area (Å²) in [5.74, 6) is 0. The van der Waals surface area contributed by atoms with Gasteiger partial charge in [-0.2, -0.15) is 0 Å². The number of hydrogen-bond acceptors (Lipinski definition) is 3. The highest BCUT2D eigenvalue weighted by Crippen LogP contribution is 2.28. The maximum Gasteiger partial charge on any atom is 0.0384 e. The van der Waals surface area contributed by atoms with Gasteiger partial charge in [0.1, 0.15) is 0 Å². The summed E-state index contributed by atoms with van der Waals surface area (Å²) in [6.45, 7) is 1.12. The molecule has 18 heavy (non-hydrogen) atoms. The minimum Gasteiger partial charge on any atom is -0.385 e. The molecule has 1 fully saturated rings. The summed E-state index contributed by atoms with van der Waals surface area (Å²) < 4.78 is 3.63. The predicted octanol–water partition coefficient (Wildman–Crippen LogP) is 3.97. The van der Waals surface area contributed by atoms with Crippen LogP contribution >= 0.6 is 11.9 Å². The molecule has 0 spiro atoms. The molecule has 0 aromatic heterocycles. The van der Waals surface area contributed by atoms with Crippen molar-refractivity contribution in [2.24, 2.45) is 0 Å². The van der Waals surface area contributed by atoms with E-state index in [1.165, 1.54) is 61.1 Å². The molecule has 0 atom stereocenters. The number of nitrogens with one attached hydrogen (secondary N) is 2. The van der Waals surface area contributed by atoms with Crippen LogP contribution in [0.2, 0.25) is 0 Å². The van der Waals surface area contributed by atoms with Gasteiger partial charge in [-0.15, -0.1) is 0 Å². The van der Waals surface area contributed by atoms with Crippen molar-refractivity contribution < 1.29 is 0 Å². The van der Waals surface area contributed by atoms with Gasteiger partial charge in [0.2, 0.25) is 0 Å². The molecular weight excluding hydrogens is 240 g/mol. The van der Waals surface area contributed by atoms with Crippen molar-refractivity contribution in [3.05, 3.63) is 23.8 Å². The first-order valence-corrected chi connectivity index (χ1v) is 8.03. The van der Waals surface area contributed by atoms with Crippen LogP contribution in [0.25, 0.3) is 0 Å². The molecule has 1 aromatic rings. The largest absolute Gasteiger partial charge is 0.385 e. The molecule has 3 heteroatoms. The minimum atomic E-state index is 0.716. The standard InChI is InChI=1S/C15H22N2S/c1-2-6-13(7-3-1)17-18-14-9-8-12-5-4-10-16-15(12)11-14/h8-9,11,13,16-17H,1-7,10H2. The fraction of sp³-hybridized carbons (Fsp3) is 0.600. The molecule has 3 rings (SSSR count). The van der Waals surface area contributed by atoms with Crippen molar-refractivity contribution in [3.8, 4) is 0 Å². The average molecular weight is 262 g/mol. The van der Waals surface area contributed by atoms with E-state index in [0.29, 0.717) is 6.04 Å². The van der Waals surface area contributed by atoms with E-state index < -0.39 is 0 Å². The minimum absolute atomic E-state index is 0.716. The number of rotatable bonds is 3. The van der Waals surface area contributed by atoms with Crippen LogP contribution < -0.4 is 10.0 Å². The highest BCUT2D eigenvalue weighted by molar-refractivity contribution is 7.97. The molecule has 0 radical (unpaired) electrons. The summed E-state index contributed by atoms with van der Waals surface area (Å²) >= 11 is 1.81. The third-order valence-electron chi connectivity index (χ3n) is 3.97. The van der Waals surface area contributed by atoms with Crippen LogP contribution in [-0.4, -0.2) is 12.6 Å². The first kappa shape index (κ1) is 12.4. The number of aryl methyl sites for hydroxylation is 1. The van der Waals surface area contributed by atoms with E-state index in [1.54, 1.807) is 0 Å². The maximum atomic E-state index is 3.63. The number of anilines is 1. The second kappa shape index (κ2) is 5.98. The van der Waals surface area contributed by atoms with E-state index in [0.717, 1.165) is 6.54 Å². The van der Waals surface area contributed by atoms with Crippen LogP contribution in [0.4, 0.5) is 5.69 Å². The molecule has 2 nitrogen and oxygen atoms in total. The van der Waals surface area contributed by atoms with Crippen molar-refractivity contribution in [3.63, 3.8) is 0 Å². The van der Waals surface area contributed by atoms with Gasteiger partial charge in [0.25, 0.3) is 0 Å². The Kier molecular flexibility index (Phi) is 4.11. The van der Waals surface area contributed by atoms with Crippen molar-refractivity contribution in [2.45, 2.75) is 55.9 Å². The fourth-order valence-corrected chi connectivity index (χ4v) is 3.73. The third-order valence-corrected chi connectivity index (χ3v) is 4.91. The van der Waals surface area contributed by atoms with Gasteiger partial charge in [0, 0.05) is 23.2 Å². The molecular formula is C15H22N2S. The maximum absolute atomic E-state index is 3.63. The zero-order valence-corrected chi connectivity index (χ0v) is 11.7. The Morgan fingerprint density at radius 1 is 1.11 bits per heavy atom. The zero-order valence-electron chi connectivity index (χ0n) is 10.9. The fourth-order valence-electron chi connectivity index (χ4n) is 2.88. The summed E-state index contributed by atoms with van der Waals surface area (Å²) in [6.07, 6.45) is 9.38. The third kappa shape index (κ3) is 3.01. The summed E-state index contributed by atoms with van der Waals surface area (Å²) in [6, 6.07) is 7.56. The van der Waals surface area contributed by atoms with Crippen molar-refractivity contribution in [2.75, 3.05) is 11.9 Å². The van der Waals surface area contributed by atoms with Crippen LogP contribution in [0, 0.1) is 0 Å². The molecule has 0 saturated heterocycles. The second-order valence-electron chi connectivity index (χ2n) is 5.40. The van der Waals surface area contributed by atoms with Crippen LogP contribution in [0.3, 0.4) is 0 Å². The molecule has 0 bridgehead atoms. The molecule has 98 valence electrons. The Hall–Kier alpha value is -0.670.